The average Bonchev–Trinajstić information content (AvgIpc) is 2.09. The molecule has 0 saturated heterocycles. The van der Waals surface area contributed by atoms with E-state index in [-0.39, 0.29) is 0 Å². The fourth-order valence-electron chi connectivity index (χ4n) is 0.881. The summed E-state index contributed by atoms with van der Waals surface area (Å²) in [6, 6.07) is 0. The van der Waals surface area contributed by atoms with E-state index in [1.54, 1.807) is 0 Å². The van der Waals surface area contributed by atoms with Gasteiger partial charge in [0.2, 0.25) is 0 Å². The van der Waals surface area contributed by atoms with Crippen molar-refractivity contribution in [3.8, 4) is 0 Å². The molecule has 0 fully saturated rings. The molecule has 1 atom stereocenters. The second-order valence-corrected chi connectivity index (χ2v) is 7.92. The standard InChI is InChI=1S/C3H8O12S3/c4-1-2(5,16(7,8)9)3(6,17(10,11)12)18(13,14)15/h4-6H,1H2,(H,7,8,9)(H,10,11,12)(H,13,14,15). The summed E-state index contributed by atoms with van der Waals surface area (Å²) in [6.45, 7) is -2.39. The van der Waals surface area contributed by atoms with Crippen molar-refractivity contribution in [2.24, 2.45) is 0 Å². The molecule has 0 aliphatic heterocycles. The van der Waals surface area contributed by atoms with Crippen LogP contribution in [-0.4, -0.2) is 70.0 Å². The van der Waals surface area contributed by atoms with E-state index in [4.69, 9.17) is 29.0 Å². The van der Waals surface area contributed by atoms with E-state index in [0.29, 0.717) is 0 Å². The topological polar surface area (TPSA) is 224 Å². The highest BCUT2D eigenvalue weighted by Crippen LogP contribution is 2.36. The van der Waals surface area contributed by atoms with Crippen LogP contribution in [0.3, 0.4) is 0 Å². The van der Waals surface area contributed by atoms with Crippen LogP contribution in [0.2, 0.25) is 0 Å². The molecule has 12 nitrogen and oxygen atoms in total. The molecule has 0 aliphatic rings. The largest absolute Gasteiger partial charge is 0.392 e. The van der Waals surface area contributed by atoms with Gasteiger partial charge in [0.1, 0.15) is 0 Å². The third-order valence-corrected chi connectivity index (χ3v) is 6.71. The maximum atomic E-state index is 10.7. The van der Waals surface area contributed by atoms with Crippen molar-refractivity contribution in [3.63, 3.8) is 0 Å². The zero-order valence-electron chi connectivity index (χ0n) is 8.06. The van der Waals surface area contributed by atoms with Gasteiger partial charge >= 0.3 is 34.6 Å². The van der Waals surface area contributed by atoms with E-state index in [1.807, 2.05) is 0 Å². The van der Waals surface area contributed by atoms with Gasteiger partial charge in [0.15, 0.2) is 0 Å². The molecule has 0 heterocycles. The molecule has 18 heavy (non-hydrogen) atoms. The van der Waals surface area contributed by atoms with Crippen molar-refractivity contribution in [3.05, 3.63) is 0 Å². The summed E-state index contributed by atoms with van der Waals surface area (Å²) < 4.78 is 84.1. The molecule has 0 rings (SSSR count). The Bertz CT molecular complexity index is 590. The summed E-state index contributed by atoms with van der Waals surface area (Å²) in [7, 11) is -19.0. The molecule has 0 aromatic carbocycles. The molecule has 0 aliphatic carbocycles. The molecule has 0 bridgehead atoms. The van der Waals surface area contributed by atoms with E-state index in [0.717, 1.165) is 0 Å². The van der Waals surface area contributed by atoms with Crippen LogP contribution in [0.5, 0.6) is 0 Å². The first-order valence-electron chi connectivity index (χ1n) is 3.53. The highest BCUT2D eigenvalue weighted by Gasteiger charge is 2.74. The SMILES string of the molecule is O=S(=O)(O)C(O)(CO)C(O)(S(=O)(=O)O)S(=O)(=O)O. The van der Waals surface area contributed by atoms with Crippen molar-refractivity contribution in [2.45, 2.75) is 9.20 Å². The average molecular weight is 332 g/mol. The van der Waals surface area contributed by atoms with Crippen LogP contribution in [0.4, 0.5) is 0 Å². The molecule has 15 heteroatoms. The Morgan fingerprint density at radius 3 is 1.06 bits per heavy atom. The number of aliphatic hydroxyl groups is 3. The van der Waals surface area contributed by atoms with E-state index in [2.05, 4.69) is 0 Å². The number of hydrogen-bond donors (Lipinski definition) is 6. The highest BCUT2D eigenvalue weighted by molar-refractivity contribution is 8.06. The Morgan fingerprint density at radius 1 is 0.722 bits per heavy atom. The minimum absolute atomic E-state index is 2.39. The zero-order chi connectivity index (χ0) is 15.2. The van der Waals surface area contributed by atoms with E-state index >= 15 is 0 Å². The quantitative estimate of drug-likeness (QED) is 0.265. The van der Waals surface area contributed by atoms with Gasteiger partial charge in [-0.25, -0.2) is 0 Å². The summed E-state index contributed by atoms with van der Waals surface area (Å²) in [4.78, 5) is -4.73. The number of rotatable bonds is 5. The molecule has 1 unspecified atom stereocenters. The smallest absolute Gasteiger partial charge is 0.366 e. The van der Waals surface area contributed by atoms with Gasteiger partial charge < -0.3 is 15.3 Å². The Labute approximate surface area is 101 Å². The lowest BCUT2D eigenvalue weighted by Crippen LogP contribution is -2.68. The van der Waals surface area contributed by atoms with Crippen LogP contribution < -0.4 is 0 Å². The first-order chi connectivity index (χ1) is 7.56. The van der Waals surface area contributed by atoms with Gasteiger partial charge in [-0.2, -0.15) is 25.3 Å². The summed E-state index contributed by atoms with van der Waals surface area (Å²) in [5.74, 6) is 0. The van der Waals surface area contributed by atoms with Crippen molar-refractivity contribution in [2.75, 3.05) is 6.61 Å². The van der Waals surface area contributed by atoms with Crippen LogP contribution in [-0.2, 0) is 30.4 Å². The van der Waals surface area contributed by atoms with E-state index in [9.17, 15) is 25.3 Å². The molecule has 0 aromatic rings. The summed E-state index contributed by atoms with van der Waals surface area (Å²) in [6.07, 6.45) is 0. The van der Waals surface area contributed by atoms with Crippen LogP contribution >= 0.6 is 0 Å². The predicted octanol–water partition coefficient (Wildman–Crippen LogP) is -4.02. The maximum absolute atomic E-state index is 10.7. The molecule has 0 amide bonds. The van der Waals surface area contributed by atoms with Gasteiger partial charge in [-0.1, -0.05) is 0 Å². The number of aliphatic hydroxyl groups excluding tert-OH is 1. The number of hydrogen-bond acceptors (Lipinski definition) is 9. The van der Waals surface area contributed by atoms with Gasteiger partial charge in [-0.05, 0) is 0 Å². The van der Waals surface area contributed by atoms with Crippen molar-refractivity contribution < 1.29 is 54.2 Å². The zero-order valence-corrected chi connectivity index (χ0v) is 10.5. The molecular weight excluding hydrogens is 324 g/mol. The lowest BCUT2D eigenvalue weighted by Gasteiger charge is -2.33. The normalized spacial score (nSPS) is 18.3. The fourth-order valence-corrected chi connectivity index (χ4v) is 4.63. The molecule has 110 valence electrons. The fraction of sp³-hybridized carbons (Fsp3) is 1.00. The van der Waals surface area contributed by atoms with Crippen molar-refractivity contribution in [1.82, 2.24) is 0 Å². The molecular formula is C3H8O12S3. The third kappa shape index (κ3) is 2.24. The third-order valence-electron chi connectivity index (χ3n) is 1.83. The molecule has 0 aromatic heterocycles. The lowest BCUT2D eigenvalue weighted by molar-refractivity contribution is -0.0432. The first kappa shape index (κ1) is 17.6. The predicted molar refractivity (Wildman–Crippen MR) is 51.6 cm³/mol. The van der Waals surface area contributed by atoms with Crippen LogP contribution in [0, 0.1) is 0 Å². The summed E-state index contributed by atoms with van der Waals surface area (Å²) >= 11 is 0. The highest BCUT2D eigenvalue weighted by atomic mass is 32.3. The second kappa shape index (κ2) is 4.32. The summed E-state index contributed by atoms with van der Waals surface area (Å²) in [5, 5.41) is 26.7. The maximum Gasteiger partial charge on any atom is 0.366 e. The summed E-state index contributed by atoms with van der Waals surface area (Å²) in [5.41, 5.74) is 0. The van der Waals surface area contributed by atoms with Gasteiger partial charge in [0, 0.05) is 0 Å². The van der Waals surface area contributed by atoms with E-state index < -0.39 is 46.2 Å². The lowest BCUT2D eigenvalue weighted by atomic mass is 10.4. The van der Waals surface area contributed by atoms with Crippen molar-refractivity contribution >= 4 is 30.4 Å². The monoisotopic (exact) mass is 332 g/mol. The molecule has 0 radical (unpaired) electrons. The van der Waals surface area contributed by atoms with Gasteiger partial charge in [0.05, 0.1) is 6.61 Å². The Hall–Kier alpha value is -0.390. The van der Waals surface area contributed by atoms with Crippen LogP contribution in [0.1, 0.15) is 0 Å². The molecule has 0 spiro atoms. The Balaban J connectivity index is 6.83. The van der Waals surface area contributed by atoms with Gasteiger partial charge in [-0.3, -0.25) is 13.7 Å². The minimum atomic E-state index is -6.41. The first-order valence-corrected chi connectivity index (χ1v) is 7.85. The van der Waals surface area contributed by atoms with E-state index in [1.165, 1.54) is 0 Å². The van der Waals surface area contributed by atoms with Crippen LogP contribution in [0.25, 0.3) is 0 Å². The molecule has 6 N–H and O–H groups in total. The minimum Gasteiger partial charge on any atom is -0.392 e. The van der Waals surface area contributed by atoms with Gasteiger partial charge in [0.25, 0.3) is 4.93 Å². The van der Waals surface area contributed by atoms with Gasteiger partial charge in [-0.15, -0.1) is 0 Å². The van der Waals surface area contributed by atoms with Crippen LogP contribution in [0.15, 0.2) is 0 Å². The second-order valence-electron chi connectivity index (χ2n) is 2.95. The molecule has 0 saturated carbocycles. The Morgan fingerprint density at radius 2 is 1.00 bits per heavy atom. The Kier molecular flexibility index (Phi) is 4.23. The van der Waals surface area contributed by atoms with Crippen molar-refractivity contribution in [1.29, 1.82) is 0 Å².